The second-order valence-electron chi connectivity index (χ2n) is 4.20. The topological polar surface area (TPSA) is 75.4 Å². The lowest BCUT2D eigenvalue weighted by Gasteiger charge is -2.31. The number of carbonyl (C=O) groups is 2. The van der Waals surface area contributed by atoms with Crippen molar-refractivity contribution in [2.24, 2.45) is 11.7 Å². The molecule has 17 heavy (non-hydrogen) atoms. The van der Waals surface area contributed by atoms with Crippen molar-refractivity contribution in [1.29, 1.82) is 0 Å². The maximum atomic E-state index is 11.8. The van der Waals surface area contributed by atoms with Crippen molar-refractivity contribution in [3.05, 3.63) is 12.2 Å². The summed E-state index contributed by atoms with van der Waals surface area (Å²) in [5.41, 5.74) is 5.33. The molecule has 0 aromatic heterocycles. The van der Waals surface area contributed by atoms with Gasteiger partial charge in [-0.3, -0.25) is 9.59 Å². The Balaban J connectivity index is 2.48. The summed E-state index contributed by atoms with van der Waals surface area (Å²) in [6.45, 7) is 4.01. The van der Waals surface area contributed by atoms with Crippen LogP contribution in [0.1, 0.15) is 19.8 Å². The summed E-state index contributed by atoms with van der Waals surface area (Å²) in [5.74, 6) is -0.0956. The Kier molecular flexibility index (Phi) is 5.69. The van der Waals surface area contributed by atoms with E-state index in [-0.39, 0.29) is 17.7 Å². The Morgan fingerprint density at radius 2 is 2.29 bits per heavy atom. The zero-order chi connectivity index (χ0) is 12.7. The molecule has 0 saturated carbocycles. The lowest BCUT2D eigenvalue weighted by atomic mass is 9.97. The van der Waals surface area contributed by atoms with Gasteiger partial charge in [-0.2, -0.15) is 0 Å². The molecule has 0 radical (unpaired) electrons. The van der Waals surface area contributed by atoms with Crippen molar-refractivity contribution in [3.63, 3.8) is 0 Å². The molecule has 0 aliphatic carbocycles. The average Bonchev–Trinajstić information content (AvgIpc) is 2.36. The maximum Gasteiger partial charge on any atom is 0.246 e. The molecule has 1 fully saturated rings. The number of nitrogens with two attached hydrogens (primary N) is 1. The second kappa shape index (κ2) is 7.06. The van der Waals surface area contributed by atoms with Crippen LogP contribution in [0.15, 0.2) is 12.2 Å². The molecule has 2 amide bonds. The number of allylic oxidation sites excluding steroid dienone is 1. The molecule has 1 saturated heterocycles. The first-order valence-corrected chi connectivity index (χ1v) is 6.08. The van der Waals surface area contributed by atoms with Gasteiger partial charge in [0.25, 0.3) is 0 Å². The summed E-state index contributed by atoms with van der Waals surface area (Å²) >= 11 is 0. The number of likely N-dealkylation sites (tertiary alicyclic amines) is 1. The second-order valence-corrected chi connectivity index (χ2v) is 4.20. The van der Waals surface area contributed by atoms with E-state index >= 15 is 0 Å². The molecule has 1 heterocycles. The molecule has 5 nitrogen and oxygen atoms in total. The standard InChI is InChI=1S/C12H21N3O2/c1-2-4-11(16)15-8-3-5-10(9-15)12(17)14-7-6-13/h2,4,10H,3,5-9,13H2,1H3,(H,14,17). The van der Waals surface area contributed by atoms with Gasteiger partial charge < -0.3 is 16.0 Å². The van der Waals surface area contributed by atoms with Gasteiger partial charge in [-0.25, -0.2) is 0 Å². The summed E-state index contributed by atoms with van der Waals surface area (Å²) in [6, 6.07) is 0. The number of nitrogens with one attached hydrogen (secondary N) is 1. The molecule has 1 atom stereocenters. The Hall–Kier alpha value is -1.36. The van der Waals surface area contributed by atoms with Crippen LogP contribution in [-0.2, 0) is 9.59 Å². The molecule has 0 aromatic carbocycles. The molecule has 0 aromatic rings. The third kappa shape index (κ3) is 4.19. The minimum atomic E-state index is -0.0930. The van der Waals surface area contributed by atoms with Crippen LogP contribution in [0.4, 0.5) is 0 Å². The Labute approximate surface area is 102 Å². The minimum absolute atomic E-state index is 0.00780. The fraction of sp³-hybridized carbons (Fsp3) is 0.667. The lowest BCUT2D eigenvalue weighted by molar-refractivity contribution is -0.132. The number of piperidine rings is 1. The number of carbonyl (C=O) groups excluding carboxylic acids is 2. The largest absolute Gasteiger partial charge is 0.355 e. The zero-order valence-corrected chi connectivity index (χ0v) is 10.3. The molecule has 3 N–H and O–H groups in total. The van der Waals surface area contributed by atoms with E-state index < -0.39 is 0 Å². The van der Waals surface area contributed by atoms with Gasteiger partial charge in [0.15, 0.2) is 0 Å². The van der Waals surface area contributed by atoms with Gasteiger partial charge in [0.1, 0.15) is 0 Å². The SMILES string of the molecule is CC=CC(=O)N1CCCC(C(=O)NCCN)C1. The predicted octanol–water partition coefficient (Wildman–Crippen LogP) is -0.124. The highest BCUT2D eigenvalue weighted by Gasteiger charge is 2.27. The first kappa shape index (κ1) is 13.7. The van der Waals surface area contributed by atoms with Gasteiger partial charge in [0, 0.05) is 26.2 Å². The van der Waals surface area contributed by atoms with Gasteiger partial charge >= 0.3 is 0 Å². The monoisotopic (exact) mass is 239 g/mol. The molecule has 96 valence electrons. The highest BCUT2D eigenvalue weighted by Crippen LogP contribution is 2.16. The van der Waals surface area contributed by atoms with Crippen molar-refractivity contribution >= 4 is 11.8 Å². The number of nitrogens with zero attached hydrogens (tertiary/aromatic N) is 1. The van der Waals surface area contributed by atoms with Crippen LogP contribution in [0.5, 0.6) is 0 Å². The van der Waals surface area contributed by atoms with Crippen LogP contribution in [0.25, 0.3) is 0 Å². The Morgan fingerprint density at radius 3 is 2.94 bits per heavy atom. The average molecular weight is 239 g/mol. The van der Waals surface area contributed by atoms with Crippen molar-refractivity contribution in [1.82, 2.24) is 10.2 Å². The quantitative estimate of drug-likeness (QED) is 0.671. The van der Waals surface area contributed by atoms with E-state index in [1.165, 1.54) is 0 Å². The van der Waals surface area contributed by atoms with Crippen LogP contribution in [0.3, 0.4) is 0 Å². The van der Waals surface area contributed by atoms with E-state index in [0.29, 0.717) is 19.6 Å². The highest BCUT2D eigenvalue weighted by molar-refractivity contribution is 5.88. The molecule has 0 spiro atoms. The van der Waals surface area contributed by atoms with Crippen LogP contribution in [0, 0.1) is 5.92 Å². The number of amides is 2. The first-order chi connectivity index (χ1) is 8.19. The normalized spacial score (nSPS) is 20.6. The van der Waals surface area contributed by atoms with Crippen LogP contribution >= 0.6 is 0 Å². The fourth-order valence-electron chi connectivity index (χ4n) is 1.98. The van der Waals surface area contributed by atoms with Crippen LogP contribution < -0.4 is 11.1 Å². The fourth-order valence-corrected chi connectivity index (χ4v) is 1.98. The zero-order valence-electron chi connectivity index (χ0n) is 10.3. The van der Waals surface area contributed by atoms with Gasteiger partial charge in [0.05, 0.1) is 5.92 Å². The summed E-state index contributed by atoms with van der Waals surface area (Å²) in [4.78, 5) is 25.2. The summed E-state index contributed by atoms with van der Waals surface area (Å²) in [5, 5.41) is 2.77. The molecule has 5 heteroatoms. The van der Waals surface area contributed by atoms with Gasteiger partial charge in [-0.1, -0.05) is 6.08 Å². The minimum Gasteiger partial charge on any atom is -0.355 e. The molecule has 1 rings (SSSR count). The van der Waals surface area contributed by atoms with E-state index in [0.717, 1.165) is 19.4 Å². The van der Waals surface area contributed by atoms with E-state index in [4.69, 9.17) is 5.73 Å². The first-order valence-electron chi connectivity index (χ1n) is 6.08. The predicted molar refractivity (Wildman–Crippen MR) is 66.2 cm³/mol. The summed E-state index contributed by atoms with van der Waals surface area (Å²) in [6.07, 6.45) is 4.99. The van der Waals surface area contributed by atoms with Crippen molar-refractivity contribution < 1.29 is 9.59 Å². The molecular weight excluding hydrogens is 218 g/mol. The van der Waals surface area contributed by atoms with Gasteiger partial charge in [-0.05, 0) is 25.8 Å². The van der Waals surface area contributed by atoms with Crippen molar-refractivity contribution in [2.45, 2.75) is 19.8 Å². The smallest absolute Gasteiger partial charge is 0.246 e. The summed E-state index contributed by atoms with van der Waals surface area (Å²) in [7, 11) is 0. The number of rotatable bonds is 4. The third-order valence-corrected chi connectivity index (χ3v) is 2.86. The number of hydrogen-bond acceptors (Lipinski definition) is 3. The molecule has 1 aliphatic rings. The number of hydrogen-bond donors (Lipinski definition) is 2. The summed E-state index contributed by atoms with van der Waals surface area (Å²) < 4.78 is 0. The van der Waals surface area contributed by atoms with Crippen molar-refractivity contribution in [2.75, 3.05) is 26.2 Å². The van der Waals surface area contributed by atoms with Crippen LogP contribution in [-0.4, -0.2) is 42.9 Å². The van der Waals surface area contributed by atoms with Crippen LogP contribution in [0.2, 0.25) is 0 Å². The van der Waals surface area contributed by atoms with E-state index in [1.807, 2.05) is 6.92 Å². The van der Waals surface area contributed by atoms with E-state index in [1.54, 1.807) is 17.1 Å². The maximum absolute atomic E-state index is 11.8. The van der Waals surface area contributed by atoms with Gasteiger partial charge in [0.2, 0.25) is 11.8 Å². The molecule has 1 aliphatic heterocycles. The van der Waals surface area contributed by atoms with E-state index in [9.17, 15) is 9.59 Å². The Bertz CT molecular complexity index is 302. The lowest BCUT2D eigenvalue weighted by Crippen LogP contribution is -2.45. The molecule has 0 bridgehead atoms. The highest BCUT2D eigenvalue weighted by atomic mass is 16.2. The Morgan fingerprint density at radius 1 is 1.53 bits per heavy atom. The van der Waals surface area contributed by atoms with Crippen molar-refractivity contribution in [3.8, 4) is 0 Å². The molecular formula is C12H21N3O2. The molecule has 1 unspecified atom stereocenters. The van der Waals surface area contributed by atoms with E-state index in [2.05, 4.69) is 5.32 Å². The van der Waals surface area contributed by atoms with Gasteiger partial charge in [-0.15, -0.1) is 0 Å². The third-order valence-electron chi connectivity index (χ3n) is 2.86.